The smallest absolute Gasteiger partial charge is 0.270 e. The molecule has 1 saturated carbocycles. The van der Waals surface area contributed by atoms with E-state index < -0.39 is 0 Å². The third-order valence-electron chi connectivity index (χ3n) is 4.07. The van der Waals surface area contributed by atoms with Gasteiger partial charge in [-0.2, -0.15) is 0 Å². The van der Waals surface area contributed by atoms with Crippen molar-refractivity contribution in [3.05, 3.63) is 48.3 Å². The van der Waals surface area contributed by atoms with Crippen LogP contribution in [-0.2, 0) is 0 Å². The lowest BCUT2D eigenvalue weighted by Gasteiger charge is -2.12. The van der Waals surface area contributed by atoms with Gasteiger partial charge in [-0.15, -0.1) is 0 Å². The number of rotatable bonds is 5. The first-order valence-corrected chi connectivity index (χ1v) is 7.92. The molecule has 5 heteroatoms. The minimum absolute atomic E-state index is 0.0899. The summed E-state index contributed by atoms with van der Waals surface area (Å²) in [5.74, 6) is 0.723. The van der Waals surface area contributed by atoms with Gasteiger partial charge in [0.25, 0.3) is 5.91 Å². The molecule has 120 valence electrons. The molecule has 0 spiro atoms. The average Bonchev–Trinajstić information content (AvgIpc) is 3.09. The van der Waals surface area contributed by atoms with E-state index in [0.29, 0.717) is 11.7 Å². The fourth-order valence-corrected chi connectivity index (χ4v) is 2.77. The van der Waals surface area contributed by atoms with Crippen LogP contribution in [-0.4, -0.2) is 24.0 Å². The number of ether oxygens (including phenoxy) is 1. The van der Waals surface area contributed by atoms with E-state index in [-0.39, 0.29) is 5.91 Å². The van der Waals surface area contributed by atoms with Gasteiger partial charge in [-0.05, 0) is 49.2 Å². The lowest BCUT2D eigenvalue weighted by Crippen LogP contribution is -2.33. The molecule has 3 rings (SSSR count). The maximum absolute atomic E-state index is 12.1. The van der Waals surface area contributed by atoms with Gasteiger partial charge in [0.1, 0.15) is 11.4 Å². The fourth-order valence-electron chi connectivity index (χ4n) is 2.77. The summed E-state index contributed by atoms with van der Waals surface area (Å²) in [7, 11) is 1.64. The molecule has 0 unspecified atom stereocenters. The van der Waals surface area contributed by atoms with Crippen LogP contribution >= 0.6 is 0 Å². The number of methoxy groups -OCH3 is 1. The van der Waals surface area contributed by atoms with Crippen molar-refractivity contribution in [3.8, 4) is 5.75 Å². The summed E-state index contributed by atoms with van der Waals surface area (Å²) in [5, 5.41) is 6.29. The molecule has 0 saturated heterocycles. The number of anilines is 2. The number of nitrogens with zero attached hydrogens (tertiary/aromatic N) is 1. The van der Waals surface area contributed by atoms with Crippen LogP contribution < -0.4 is 15.4 Å². The molecule has 1 aromatic carbocycles. The predicted molar refractivity (Wildman–Crippen MR) is 90.2 cm³/mol. The van der Waals surface area contributed by atoms with Crippen LogP contribution in [0.3, 0.4) is 0 Å². The number of hydrogen-bond acceptors (Lipinski definition) is 4. The molecule has 1 aliphatic rings. The Kier molecular flexibility index (Phi) is 4.76. The molecule has 5 nitrogen and oxygen atoms in total. The number of amides is 1. The minimum Gasteiger partial charge on any atom is -0.497 e. The van der Waals surface area contributed by atoms with Gasteiger partial charge in [0.05, 0.1) is 19.0 Å². The summed E-state index contributed by atoms with van der Waals surface area (Å²) in [5.41, 5.74) is 2.24. The zero-order valence-corrected chi connectivity index (χ0v) is 13.2. The normalized spacial score (nSPS) is 14.5. The molecule has 23 heavy (non-hydrogen) atoms. The Morgan fingerprint density at radius 1 is 1.09 bits per heavy atom. The molecule has 1 heterocycles. The second-order valence-corrected chi connectivity index (χ2v) is 5.74. The third kappa shape index (κ3) is 4.00. The number of nitrogens with one attached hydrogen (secondary N) is 2. The van der Waals surface area contributed by atoms with E-state index in [4.69, 9.17) is 4.74 Å². The quantitative estimate of drug-likeness (QED) is 0.887. The molecule has 0 radical (unpaired) electrons. The van der Waals surface area contributed by atoms with Gasteiger partial charge in [0.2, 0.25) is 0 Å². The van der Waals surface area contributed by atoms with E-state index in [0.717, 1.165) is 30.0 Å². The van der Waals surface area contributed by atoms with Crippen LogP contribution in [0.25, 0.3) is 0 Å². The monoisotopic (exact) mass is 311 g/mol. The van der Waals surface area contributed by atoms with Crippen molar-refractivity contribution in [2.24, 2.45) is 0 Å². The Morgan fingerprint density at radius 3 is 2.39 bits per heavy atom. The first kappa shape index (κ1) is 15.3. The molecule has 2 N–H and O–H groups in total. The highest BCUT2D eigenvalue weighted by atomic mass is 16.5. The molecule has 2 aromatic rings. The van der Waals surface area contributed by atoms with Crippen molar-refractivity contribution in [1.29, 1.82) is 0 Å². The summed E-state index contributed by atoms with van der Waals surface area (Å²) >= 11 is 0. The predicted octanol–water partition coefficient (Wildman–Crippen LogP) is 3.51. The zero-order chi connectivity index (χ0) is 16.1. The van der Waals surface area contributed by atoms with Gasteiger partial charge in [0.15, 0.2) is 0 Å². The summed E-state index contributed by atoms with van der Waals surface area (Å²) in [6.45, 7) is 0. The highest BCUT2D eigenvalue weighted by molar-refractivity contribution is 5.92. The van der Waals surface area contributed by atoms with Crippen LogP contribution in [0.15, 0.2) is 42.6 Å². The zero-order valence-electron chi connectivity index (χ0n) is 13.2. The number of aromatic nitrogens is 1. The van der Waals surface area contributed by atoms with Gasteiger partial charge < -0.3 is 15.4 Å². The summed E-state index contributed by atoms with van der Waals surface area (Å²) < 4.78 is 5.13. The topological polar surface area (TPSA) is 63.2 Å². The molecule has 1 fully saturated rings. The first-order chi connectivity index (χ1) is 11.2. The number of pyridine rings is 1. The molecule has 0 atom stereocenters. The molecular formula is C18H21N3O2. The lowest BCUT2D eigenvalue weighted by molar-refractivity contribution is 0.0933. The number of hydrogen-bond donors (Lipinski definition) is 2. The van der Waals surface area contributed by atoms with E-state index in [1.165, 1.54) is 12.8 Å². The van der Waals surface area contributed by atoms with Crippen molar-refractivity contribution in [2.75, 3.05) is 12.4 Å². The van der Waals surface area contributed by atoms with Crippen LogP contribution in [0, 0.1) is 0 Å². The van der Waals surface area contributed by atoms with E-state index in [9.17, 15) is 4.79 Å². The van der Waals surface area contributed by atoms with E-state index in [1.807, 2.05) is 30.3 Å². The highest BCUT2D eigenvalue weighted by Gasteiger charge is 2.18. The SMILES string of the molecule is COc1ccc(Nc2ccc(C(=O)NC3CCCC3)nc2)cc1. The second kappa shape index (κ2) is 7.13. The van der Waals surface area contributed by atoms with Gasteiger partial charge in [0, 0.05) is 11.7 Å². The van der Waals surface area contributed by atoms with Crippen molar-refractivity contribution >= 4 is 17.3 Å². The molecule has 1 aliphatic carbocycles. The van der Waals surface area contributed by atoms with Crippen LogP contribution in [0.2, 0.25) is 0 Å². The van der Waals surface area contributed by atoms with E-state index in [2.05, 4.69) is 15.6 Å². The van der Waals surface area contributed by atoms with Crippen LogP contribution in [0.4, 0.5) is 11.4 Å². The Hall–Kier alpha value is -2.56. The van der Waals surface area contributed by atoms with Crippen LogP contribution in [0.5, 0.6) is 5.75 Å². The molecule has 0 aliphatic heterocycles. The van der Waals surface area contributed by atoms with Crippen molar-refractivity contribution in [2.45, 2.75) is 31.7 Å². The van der Waals surface area contributed by atoms with Gasteiger partial charge in [-0.1, -0.05) is 12.8 Å². The minimum atomic E-state index is -0.0899. The lowest BCUT2D eigenvalue weighted by atomic mass is 10.2. The van der Waals surface area contributed by atoms with Gasteiger partial charge >= 0.3 is 0 Å². The number of carbonyl (C=O) groups excluding carboxylic acids is 1. The fraction of sp³-hybridized carbons (Fsp3) is 0.333. The maximum atomic E-state index is 12.1. The molecular weight excluding hydrogens is 290 g/mol. The molecule has 1 aromatic heterocycles. The Balaban J connectivity index is 1.60. The molecule has 0 bridgehead atoms. The highest BCUT2D eigenvalue weighted by Crippen LogP contribution is 2.20. The van der Waals surface area contributed by atoms with Crippen molar-refractivity contribution < 1.29 is 9.53 Å². The Labute approximate surface area is 136 Å². The second-order valence-electron chi connectivity index (χ2n) is 5.74. The Bertz CT molecular complexity index is 647. The summed E-state index contributed by atoms with van der Waals surface area (Å²) in [6, 6.07) is 11.6. The Morgan fingerprint density at radius 2 is 1.78 bits per heavy atom. The first-order valence-electron chi connectivity index (χ1n) is 7.92. The van der Waals surface area contributed by atoms with Gasteiger partial charge in [-0.25, -0.2) is 4.98 Å². The van der Waals surface area contributed by atoms with Crippen molar-refractivity contribution in [1.82, 2.24) is 10.3 Å². The molecule has 1 amide bonds. The number of benzene rings is 1. The van der Waals surface area contributed by atoms with E-state index >= 15 is 0 Å². The largest absolute Gasteiger partial charge is 0.497 e. The third-order valence-corrected chi connectivity index (χ3v) is 4.07. The maximum Gasteiger partial charge on any atom is 0.270 e. The van der Waals surface area contributed by atoms with E-state index in [1.54, 1.807) is 19.4 Å². The summed E-state index contributed by atoms with van der Waals surface area (Å²) in [6.07, 6.45) is 6.21. The average molecular weight is 311 g/mol. The van der Waals surface area contributed by atoms with Crippen LogP contribution in [0.1, 0.15) is 36.2 Å². The standard InChI is InChI=1S/C18H21N3O2/c1-23-16-9-6-14(7-10-16)20-15-8-11-17(19-12-15)18(22)21-13-4-2-3-5-13/h6-13,20H,2-5H2,1H3,(H,21,22). The summed E-state index contributed by atoms with van der Waals surface area (Å²) in [4.78, 5) is 16.4. The van der Waals surface area contributed by atoms with Crippen molar-refractivity contribution in [3.63, 3.8) is 0 Å². The van der Waals surface area contributed by atoms with Gasteiger partial charge in [-0.3, -0.25) is 4.79 Å². The number of carbonyl (C=O) groups is 1.